The van der Waals surface area contributed by atoms with Gasteiger partial charge in [-0.3, -0.25) is 4.79 Å². The van der Waals surface area contributed by atoms with Crippen molar-refractivity contribution < 1.29 is 4.74 Å². The molecule has 0 radical (unpaired) electrons. The third kappa shape index (κ3) is 2.96. The predicted molar refractivity (Wildman–Crippen MR) is 72.5 cm³/mol. The molecule has 3 rings (SSSR count). The number of nitrogens with zero attached hydrogens (tertiary/aromatic N) is 3. The fourth-order valence-corrected chi connectivity index (χ4v) is 2.44. The van der Waals surface area contributed by atoms with Crippen molar-refractivity contribution >= 4 is 5.69 Å². The summed E-state index contributed by atoms with van der Waals surface area (Å²) in [5.41, 5.74) is 0.908. The lowest BCUT2D eigenvalue weighted by Gasteiger charge is -2.28. The Morgan fingerprint density at radius 3 is 2.79 bits per heavy atom. The topological polar surface area (TPSA) is 59.4 Å². The highest BCUT2D eigenvalue weighted by atomic mass is 16.5. The molecule has 0 aliphatic carbocycles. The Hall–Kier alpha value is -1.40. The molecule has 1 aromatic rings. The molecule has 0 unspecified atom stereocenters. The Balaban J connectivity index is 1.64. The molecule has 2 aliphatic rings. The highest BCUT2D eigenvalue weighted by Gasteiger charge is 2.17. The third-order valence-corrected chi connectivity index (χ3v) is 3.85. The van der Waals surface area contributed by atoms with Crippen molar-refractivity contribution in [1.29, 1.82) is 0 Å². The summed E-state index contributed by atoms with van der Waals surface area (Å²) >= 11 is 0. The van der Waals surface area contributed by atoms with E-state index >= 15 is 0 Å². The molecule has 0 spiro atoms. The number of nitrogens with one attached hydrogen (secondary N) is 1. The largest absolute Gasteiger partial charge is 0.378 e. The number of rotatable bonds is 4. The van der Waals surface area contributed by atoms with Crippen LogP contribution in [0.2, 0.25) is 0 Å². The van der Waals surface area contributed by atoms with E-state index in [0.29, 0.717) is 12.5 Å². The predicted octanol–water partition coefficient (Wildman–Crippen LogP) is -0.311. The van der Waals surface area contributed by atoms with Crippen LogP contribution in [0.1, 0.15) is 6.42 Å². The van der Waals surface area contributed by atoms with Crippen LogP contribution in [-0.2, 0) is 11.3 Å². The molecule has 0 bridgehead atoms. The van der Waals surface area contributed by atoms with E-state index in [1.54, 1.807) is 16.9 Å². The van der Waals surface area contributed by atoms with E-state index in [1.807, 2.05) is 0 Å². The minimum atomic E-state index is -0.00345. The summed E-state index contributed by atoms with van der Waals surface area (Å²) in [7, 11) is 0. The van der Waals surface area contributed by atoms with Gasteiger partial charge in [0.2, 0.25) is 0 Å². The van der Waals surface area contributed by atoms with Crippen LogP contribution in [0.15, 0.2) is 17.1 Å². The Bertz CT molecular complexity index is 478. The summed E-state index contributed by atoms with van der Waals surface area (Å²) < 4.78 is 6.88. The van der Waals surface area contributed by atoms with Crippen molar-refractivity contribution in [2.24, 2.45) is 5.92 Å². The number of aryl methyl sites for hydroxylation is 1. The highest BCUT2D eigenvalue weighted by molar-refractivity contribution is 5.43. The van der Waals surface area contributed by atoms with Gasteiger partial charge in [0.25, 0.3) is 5.56 Å². The SMILES string of the molecule is O=c1cc(N2CCOCC2)cnn1CCC1CNC1. The number of aromatic nitrogens is 2. The van der Waals surface area contributed by atoms with Gasteiger partial charge in [0.1, 0.15) is 0 Å². The van der Waals surface area contributed by atoms with Crippen LogP contribution in [0.25, 0.3) is 0 Å². The van der Waals surface area contributed by atoms with Crippen LogP contribution in [0.3, 0.4) is 0 Å². The summed E-state index contributed by atoms with van der Waals surface area (Å²) in [6.07, 6.45) is 2.82. The normalized spacial score (nSPS) is 20.3. The van der Waals surface area contributed by atoms with Crippen molar-refractivity contribution in [3.63, 3.8) is 0 Å². The van der Waals surface area contributed by atoms with Gasteiger partial charge in [-0.15, -0.1) is 0 Å². The standard InChI is InChI=1S/C13H20N4O2/c18-13-7-12(16-3-5-19-6-4-16)10-15-17(13)2-1-11-8-14-9-11/h7,10-11,14H,1-6,8-9H2. The lowest BCUT2D eigenvalue weighted by Crippen LogP contribution is -2.43. The maximum atomic E-state index is 12.0. The van der Waals surface area contributed by atoms with E-state index in [0.717, 1.165) is 51.5 Å². The molecule has 0 atom stereocenters. The second kappa shape index (κ2) is 5.71. The minimum absolute atomic E-state index is 0.00345. The van der Waals surface area contributed by atoms with Gasteiger partial charge < -0.3 is 15.0 Å². The van der Waals surface area contributed by atoms with Crippen molar-refractivity contribution in [3.05, 3.63) is 22.6 Å². The summed E-state index contributed by atoms with van der Waals surface area (Å²) in [6, 6.07) is 1.69. The van der Waals surface area contributed by atoms with E-state index in [4.69, 9.17) is 4.74 Å². The molecule has 6 nitrogen and oxygen atoms in total. The molecular formula is C13H20N4O2. The Morgan fingerprint density at radius 2 is 2.16 bits per heavy atom. The molecule has 2 fully saturated rings. The first kappa shape index (κ1) is 12.6. The molecule has 2 aliphatic heterocycles. The molecule has 2 saturated heterocycles. The van der Waals surface area contributed by atoms with E-state index in [2.05, 4.69) is 15.3 Å². The van der Waals surface area contributed by atoms with E-state index in [1.165, 1.54) is 0 Å². The summed E-state index contributed by atoms with van der Waals surface area (Å²) in [4.78, 5) is 14.2. The maximum Gasteiger partial charge on any atom is 0.268 e. The average Bonchev–Trinajstić information content (AvgIpc) is 2.40. The fourth-order valence-electron chi connectivity index (χ4n) is 2.44. The van der Waals surface area contributed by atoms with Gasteiger partial charge in [0.15, 0.2) is 0 Å². The average molecular weight is 264 g/mol. The highest BCUT2D eigenvalue weighted by Crippen LogP contribution is 2.12. The molecule has 6 heteroatoms. The van der Waals surface area contributed by atoms with E-state index in [9.17, 15) is 4.79 Å². The molecule has 0 saturated carbocycles. The van der Waals surface area contributed by atoms with Crippen LogP contribution in [-0.4, -0.2) is 49.2 Å². The van der Waals surface area contributed by atoms with Crippen LogP contribution in [0.5, 0.6) is 0 Å². The fraction of sp³-hybridized carbons (Fsp3) is 0.692. The summed E-state index contributed by atoms with van der Waals surface area (Å²) in [5, 5.41) is 7.52. The van der Waals surface area contributed by atoms with Gasteiger partial charge in [-0.25, -0.2) is 4.68 Å². The first-order valence-corrected chi connectivity index (χ1v) is 6.93. The molecule has 0 aromatic carbocycles. The second-order valence-electron chi connectivity index (χ2n) is 5.19. The van der Waals surface area contributed by atoms with Gasteiger partial charge >= 0.3 is 0 Å². The summed E-state index contributed by atoms with van der Waals surface area (Å²) in [6.45, 7) is 5.96. The van der Waals surface area contributed by atoms with E-state index in [-0.39, 0.29) is 5.56 Å². The lowest BCUT2D eigenvalue weighted by molar-refractivity contribution is 0.122. The quantitative estimate of drug-likeness (QED) is 0.808. The van der Waals surface area contributed by atoms with Gasteiger partial charge in [0.05, 0.1) is 25.1 Å². The van der Waals surface area contributed by atoms with Gasteiger partial charge in [-0.1, -0.05) is 0 Å². The number of anilines is 1. The number of ether oxygens (including phenoxy) is 1. The van der Waals surface area contributed by atoms with Crippen molar-refractivity contribution in [2.45, 2.75) is 13.0 Å². The van der Waals surface area contributed by atoms with Gasteiger partial charge in [0, 0.05) is 25.7 Å². The van der Waals surface area contributed by atoms with Crippen molar-refractivity contribution in [2.75, 3.05) is 44.3 Å². The van der Waals surface area contributed by atoms with E-state index < -0.39 is 0 Å². The van der Waals surface area contributed by atoms with Crippen LogP contribution < -0.4 is 15.8 Å². The molecule has 0 amide bonds. The maximum absolute atomic E-state index is 12.0. The Kier molecular flexibility index (Phi) is 3.79. The number of hydrogen-bond donors (Lipinski definition) is 1. The number of morpholine rings is 1. The third-order valence-electron chi connectivity index (χ3n) is 3.85. The molecule has 19 heavy (non-hydrogen) atoms. The van der Waals surface area contributed by atoms with Crippen LogP contribution in [0, 0.1) is 5.92 Å². The first-order valence-electron chi connectivity index (χ1n) is 6.93. The van der Waals surface area contributed by atoms with Gasteiger partial charge in [-0.2, -0.15) is 5.10 Å². The smallest absolute Gasteiger partial charge is 0.268 e. The zero-order valence-corrected chi connectivity index (χ0v) is 11.0. The minimum Gasteiger partial charge on any atom is -0.378 e. The molecule has 1 N–H and O–H groups in total. The van der Waals surface area contributed by atoms with Crippen LogP contribution in [0.4, 0.5) is 5.69 Å². The molecule has 104 valence electrons. The zero-order chi connectivity index (χ0) is 13.1. The Labute approximate surface area is 112 Å². The molecule has 3 heterocycles. The molecular weight excluding hydrogens is 244 g/mol. The van der Waals surface area contributed by atoms with Gasteiger partial charge in [-0.05, 0) is 25.4 Å². The number of hydrogen-bond acceptors (Lipinski definition) is 5. The second-order valence-corrected chi connectivity index (χ2v) is 5.19. The van der Waals surface area contributed by atoms with Crippen molar-refractivity contribution in [3.8, 4) is 0 Å². The first-order chi connectivity index (χ1) is 9.33. The van der Waals surface area contributed by atoms with Crippen LogP contribution >= 0.6 is 0 Å². The molecule has 1 aromatic heterocycles. The summed E-state index contributed by atoms with van der Waals surface area (Å²) in [5.74, 6) is 0.701. The Morgan fingerprint density at radius 1 is 1.37 bits per heavy atom. The lowest BCUT2D eigenvalue weighted by atomic mass is 10.00. The van der Waals surface area contributed by atoms with Crippen molar-refractivity contribution in [1.82, 2.24) is 15.1 Å². The monoisotopic (exact) mass is 264 g/mol. The zero-order valence-electron chi connectivity index (χ0n) is 11.0.